The van der Waals surface area contributed by atoms with Gasteiger partial charge in [0.15, 0.2) is 6.61 Å². The lowest BCUT2D eigenvalue weighted by Gasteiger charge is -2.26. The highest BCUT2D eigenvalue weighted by Gasteiger charge is 2.36. The van der Waals surface area contributed by atoms with Crippen molar-refractivity contribution in [3.05, 3.63) is 29.3 Å². The van der Waals surface area contributed by atoms with Crippen LogP contribution in [0.5, 0.6) is 5.75 Å². The fourth-order valence-electron chi connectivity index (χ4n) is 1.85. The highest BCUT2D eigenvalue weighted by molar-refractivity contribution is 6.68. The van der Waals surface area contributed by atoms with E-state index in [1.54, 1.807) is 32.0 Å². The van der Waals surface area contributed by atoms with E-state index in [0.717, 1.165) is 0 Å². The summed E-state index contributed by atoms with van der Waals surface area (Å²) in [6.45, 7) is 3.40. The molecule has 0 heterocycles. The number of esters is 1. The van der Waals surface area contributed by atoms with Crippen LogP contribution in [-0.2, 0) is 14.3 Å². The SMILES string of the molecule is CCOC(=O)NC(c1ccc(OCC(=O)OC)c(C)c1)C(Cl)(Cl)Cl. The van der Waals surface area contributed by atoms with Gasteiger partial charge < -0.3 is 19.5 Å². The lowest BCUT2D eigenvalue weighted by molar-refractivity contribution is -0.142. The zero-order chi connectivity index (χ0) is 18.3. The van der Waals surface area contributed by atoms with E-state index in [1.165, 1.54) is 7.11 Å². The third-order valence-electron chi connectivity index (χ3n) is 2.97. The van der Waals surface area contributed by atoms with Crippen molar-refractivity contribution in [1.82, 2.24) is 5.32 Å². The van der Waals surface area contributed by atoms with Crippen LogP contribution in [0.15, 0.2) is 18.2 Å². The molecule has 1 aromatic carbocycles. The topological polar surface area (TPSA) is 73.9 Å². The fraction of sp³-hybridized carbons (Fsp3) is 0.467. The Kier molecular flexibility index (Phi) is 7.93. The number of hydrogen-bond donors (Lipinski definition) is 1. The van der Waals surface area contributed by atoms with Crippen molar-refractivity contribution < 1.29 is 23.8 Å². The number of alkyl halides is 3. The first-order chi connectivity index (χ1) is 11.2. The van der Waals surface area contributed by atoms with Gasteiger partial charge in [-0.1, -0.05) is 46.9 Å². The van der Waals surface area contributed by atoms with Gasteiger partial charge in [0.25, 0.3) is 0 Å². The Morgan fingerprint density at radius 3 is 2.46 bits per heavy atom. The molecule has 9 heteroatoms. The average Bonchev–Trinajstić information content (AvgIpc) is 2.50. The molecule has 1 amide bonds. The summed E-state index contributed by atoms with van der Waals surface area (Å²) in [5, 5.41) is 2.51. The number of rotatable bonds is 6. The molecule has 0 saturated heterocycles. The van der Waals surface area contributed by atoms with Gasteiger partial charge >= 0.3 is 12.1 Å². The van der Waals surface area contributed by atoms with Gasteiger partial charge in [-0.05, 0) is 31.0 Å². The van der Waals surface area contributed by atoms with Crippen molar-refractivity contribution in [3.8, 4) is 5.75 Å². The molecule has 1 aromatic rings. The molecule has 1 rings (SSSR count). The van der Waals surface area contributed by atoms with Crippen LogP contribution >= 0.6 is 34.8 Å². The molecule has 0 bridgehead atoms. The smallest absolute Gasteiger partial charge is 0.407 e. The van der Waals surface area contributed by atoms with E-state index in [2.05, 4.69) is 10.1 Å². The number of nitrogens with one attached hydrogen (secondary N) is 1. The number of hydrogen-bond acceptors (Lipinski definition) is 5. The summed E-state index contributed by atoms with van der Waals surface area (Å²) in [4.78, 5) is 22.8. The van der Waals surface area contributed by atoms with Crippen LogP contribution in [0.1, 0.15) is 24.1 Å². The largest absolute Gasteiger partial charge is 0.482 e. The van der Waals surface area contributed by atoms with Crippen LogP contribution in [0, 0.1) is 6.92 Å². The monoisotopic (exact) mass is 397 g/mol. The summed E-state index contributed by atoms with van der Waals surface area (Å²) >= 11 is 17.9. The molecule has 6 nitrogen and oxygen atoms in total. The number of aryl methyl sites for hydroxylation is 1. The second kappa shape index (κ2) is 9.20. The molecular weight excluding hydrogens is 381 g/mol. The second-order valence-electron chi connectivity index (χ2n) is 4.73. The fourth-order valence-corrected chi connectivity index (χ4v) is 2.40. The third kappa shape index (κ3) is 6.26. The van der Waals surface area contributed by atoms with Gasteiger partial charge in [0.05, 0.1) is 13.7 Å². The van der Waals surface area contributed by atoms with Gasteiger partial charge in [0, 0.05) is 0 Å². The van der Waals surface area contributed by atoms with Crippen LogP contribution < -0.4 is 10.1 Å². The summed E-state index contributed by atoms with van der Waals surface area (Å²) in [7, 11) is 1.27. The van der Waals surface area contributed by atoms with E-state index in [4.69, 9.17) is 44.3 Å². The first kappa shape index (κ1) is 20.7. The van der Waals surface area contributed by atoms with Crippen molar-refractivity contribution in [3.63, 3.8) is 0 Å². The van der Waals surface area contributed by atoms with Crippen LogP contribution in [0.2, 0.25) is 0 Å². The number of benzene rings is 1. The molecule has 1 N–H and O–H groups in total. The molecular formula is C15H18Cl3NO5. The number of alkyl carbamates (subject to hydrolysis) is 1. The molecule has 1 atom stereocenters. The maximum absolute atomic E-state index is 11.7. The lowest BCUT2D eigenvalue weighted by atomic mass is 10.0. The first-order valence-electron chi connectivity index (χ1n) is 6.99. The average molecular weight is 399 g/mol. The minimum Gasteiger partial charge on any atom is -0.482 e. The van der Waals surface area contributed by atoms with Crippen molar-refractivity contribution >= 4 is 46.9 Å². The van der Waals surface area contributed by atoms with Crippen LogP contribution in [0.4, 0.5) is 4.79 Å². The number of ether oxygens (including phenoxy) is 3. The van der Waals surface area contributed by atoms with Crippen LogP contribution in [-0.4, -0.2) is 36.2 Å². The zero-order valence-electron chi connectivity index (χ0n) is 13.4. The van der Waals surface area contributed by atoms with Gasteiger partial charge in [-0.3, -0.25) is 0 Å². The number of halogens is 3. The van der Waals surface area contributed by atoms with E-state index in [9.17, 15) is 9.59 Å². The molecule has 1 unspecified atom stereocenters. The van der Waals surface area contributed by atoms with Gasteiger partial charge in [-0.15, -0.1) is 0 Å². The van der Waals surface area contributed by atoms with Gasteiger partial charge in [-0.2, -0.15) is 0 Å². The lowest BCUT2D eigenvalue weighted by Crippen LogP contribution is -2.36. The number of carbonyl (C=O) groups excluding carboxylic acids is 2. The Morgan fingerprint density at radius 1 is 1.29 bits per heavy atom. The van der Waals surface area contributed by atoms with E-state index >= 15 is 0 Å². The summed E-state index contributed by atoms with van der Waals surface area (Å²) < 4.78 is 12.9. The van der Waals surface area contributed by atoms with E-state index < -0.39 is 21.9 Å². The Balaban J connectivity index is 2.97. The second-order valence-corrected chi connectivity index (χ2v) is 7.10. The summed E-state index contributed by atoms with van der Waals surface area (Å²) in [5.74, 6) is -0.0232. The number of methoxy groups -OCH3 is 1. The van der Waals surface area contributed by atoms with Crippen molar-refractivity contribution in [2.24, 2.45) is 0 Å². The Morgan fingerprint density at radius 2 is 1.96 bits per heavy atom. The van der Waals surface area contributed by atoms with Crippen molar-refractivity contribution in [2.75, 3.05) is 20.3 Å². The molecule has 0 saturated carbocycles. The molecule has 0 aliphatic rings. The summed E-state index contributed by atoms with van der Waals surface area (Å²) in [5.41, 5.74) is 1.24. The van der Waals surface area contributed by atoms with E-state index in [0.29, 0.717) is 16.9 Å². The quantitative estimate of drug-likeness (QED) is 0.584. The molecule has 0 aliphatic heterocycles. The Labute approximate surface area is 155 Å². The highest BCUT2D eigenvalue weighted by Crippen LogP contribution is 2.40. The predicted molar refractivity (Wildman–Crippen MR) is 91.9 cm³/mol. The number of amides is 1. The first-order valence-corrected chi connectivity index (χ1v) is 8.12. The van der Waals surface area contributed by atoms with E-state index in [-0.39, 0.29) is 13.2 Å². The molecule has 0 aliphatic carbocycles. The van der Waals surface area contributed by atoms with Crippen LogP contribution in [0.3, 0.4) is 0 Å². The van der Waals surface area contributed by atoms with Crippen molar-refractivity contribution in [1.29, 1.82) is 0 Å². The minimum absolute atomic E-state index is 0.192. The van der Waals surface area contributed by atoms with Crippen LogP contribution in [0.25, 0.3) is 0 Å². The molecule has 134 valence electrons. The highest BCUT2D eigenvalue weighted by atomic mass is 35.6. The van der Waals surface area contributed by atoms with Crippen molar-refractivity contribution in [2.45, 2.75) is 23.7 Å². The Hall–Kier alpha value is -1.37. The molecule has 24 heavy (non-hydrogen) atoms. The van der Waals surface area contributed by atoms with E-state index in [1.807, 2.05) is 0 Å². The minimum atomic E-state index is -1.78. The normalized spacial score (nSPS) is 12.2. The zero-order valence-corrected chi connectivity index (χ0v) is 15.7. The van der Waals surface area contributed by atoms with Gasteiger partial charge in [0.1, 0.15) is 11.8 Å². The summed E-state index contributed by atoms with van der Waals surface area (Å²) in [6, 6.07) is 4.00. The molecule has 0 radical (unpaired) electrons. The standard InChI is InChI=1S/C15H18Cl3NO5/c1-4-23-14(21)19-13(15(16,17)18)10-5-6-11(9(2)7-10)24-8-12(20)22-3/h5-7,13H,4,8H2,1-3H3,(H,19,21). The number of carbonyl (C=O) groups is 2. The molecule has 0 spiro atoms. The third-order valence-corrected chi connectivity index (χ3v) is 3.63. The summed E-state index contributed by atoms with van der Waals surface area (Å²) in [6.07, 6.45) is -0.697. The Bertz CT molecular complexity index is 589. The maximum atomic E-state index is 11.7. The predicted octanol–water partition coefficient (Wildman–Crippen LogP) is 3.70. The molecule has 0 fully saturated rings. The van der Waals surface area contributed by atoms with Gasteiger partial charge in [0.2, 0.25) is 3.79 Å². The maximum Gasteiger partial charge on any atom is 0.407 e. The molecule has 0 aromatic heterocycles. The van der Waals surface area contributed by atoms with Gasteiger partial charge in [-0.25, -0.2) is 9.59 Å².